The Morgan fingerprint density at radius 1 is 1.12 bits per heavy atom. The van der Waals surface area contributed by atoms with Gasteiger partial charge in [-0.05, 0) is 44.2 Å². The molecule has 1 aromatic heterocycles. The van der Waals surface area contributed by atoms with Crippen LogP contribution in [0.3, 0.4) is 0 Å². The van der Waals surface area contributed by atoms with Crippen molar-refractivity contribution in [3.05, 3.63) is 35.0 Å². The first-order chi connectivity index (χ1) is 15.1. The number of hydrogen-bond acceptors (Lipinski definition) is 7. The second-order valence-corrected chi connectivity index (χ2v) is 11.7. The van der Waals surface area contributed by atoms with E-state index >= 15 is 0 Å². The van der Waals surface area contributed by atoms with E-state index in [4.69, 9.17) is 0 Å². The van der Waals surface area contributed by atoms with Crippen LogP contribution in [0.5, 0.6) is 0 Å². The summed E-state index contributed by atoms with van der Waals surface area (Å²) in [7, 11) is -3.60. The summed E-state index contributed by atoms with van der Waals surface area (Å²) >= 11 is 2.99. The van der Waals surface area contributed by atoms with Gasteiger partial charge in [-0.1, -0.05) is 23.5 Å². The Bertz CT molecular complexity index is 1110. The van der Waals surface area contributed by atoms with Gasteiger partial charge >= 0.3 is 0 Å². The third kappa shape index (κ3) is 5.69. The van der Waals surface area contributed by atoms with Crippen LogP contribution in [0.15, 0.2) is 27.3 Å². The molecule has 1 N–H and O–H groups in total. The highest BCUT2D eigenvalue weighted by molar-refractivity contribution is 8.00. The molecule has 11 heteroatoms. The van der Waals surface area contributed by atoms with E-state index in [1.807, 2.05) is 32.2 Å². The average molecular weight is 497 g/mol. The molecule has 1 fully saturated rings. The van der Waals surface area contributed by atoms with Gasteiger partial charge in [0.25, 0.3) is 0 Å². The zero-order chi connectivity index (χ0) is 23.5. The summed E-state index contributed by atoms with van der Waals surface area (Å²) < 4.78 is 28.5. The van der Waals surface area contributed by atoms with Gasteiger partial charge < -0.3 is 10.2 Å². The van der Waals surface area contributed by atoms with Gasteiger partial charge in [0.05, 0.1) is 14.8 Å². The van der Waals surface area contributed by atoms with Crippen LogP contribution in [0.4, 0.5) is 5.13 Å². The predicted molar refractivity (Wildman–Crippen MR) is 128 cm³/mol. The fourth-order valence-corrected chi connectivity index (χ4v) is 6.85. The van der Waals surface area contributed by atoms with Gasteiger partial charge in [-0.2, -0.15) is 4.31 Å². The normalized spacial score (nSPS) is 15.1. The molecule has 0 spiro atoms. The van der Waals surface area contributed by atoms with Gasteiger partial charge in [-0.3, -0.25) is 9.59 Å². The lowest BCUT2D eigenvalue weighted by Crippen LogP contribution is -2.50. The lowest BCUT2D eigenvalue weighted by Gasteiger charge is -2.34. The third-order valence-electron chi connectivity index (χ3n) is 5.30. The molecule has 1 aliphatic heterocycles. The minimum atomic E-state index is -3.60. The summed E-state index contributed by atoms with van der Waals surface area (Å²) in [6.45, 7) is 6.64. The molecule has 0 atom stereocenters. The van der Waals surface area contributed by atoms with E-state index in [0.717, 1.165) is 15.5 Å². The molecule has 0 radical (unpaired) electrons. The second kappa shape index (κ2) is 10.3. The molecule has 8 nitrogen and oxygen atoms in total. The summed E-state index contributed by atoms with van der Waals surface area (Å²) in [4.78, 5) is 31.0. The fourth-order valence-electron chi connectivity index (χ4n) is 3.49. The van der Waals surface area contributed by atoms with Gasteiger partial charge in [0.15, 0.2) is 5.13 Å². The maximum absolute atomic E-state index is 13.0. The highest BCUT2D eigenvalue weighted by Gasteiger charge is 2.31. The molecule has 0 unspecified atom stereocenters. The zero-order valence-corrected chi connectivity index (χ0v) is 21.1. The van der Waals surface area contributed by atoms with Crippen molar-refractivity contribution in [2.75, 3.05) is 37.8 Å². The molecule has 1 aromatic carbocycles. The quantitative estimate of drug-likeness (QED) is 0.592. The lowest BCUT2D eigenvalue weighted by molar-refractivity contribution is -0.133. The molecule has 2 amide bonds. The van der Waals surface area contributed by atoms with Crippen molar-refractivity contribution in [3.8, 4) is 0 Å². The van der Waals surface area contributed by atoms with Crippen LogP contribution in [-0.2, 0) is 19.6 Å². The first-order valence-corrected chi connectivity index (χ1v) is 13.8. The fraction of sp³-hybridized carbons (Fsp3) is 0.476. The third-order valence-corrected chi connectivity index (χ3v) is 9.63. The van der Waals surface area contributed by atoms with E-state index < -0.39 is 10.0 Å². The summed E-state index contributed by atoms with van der Waals surface area (Å²) in [6.07, 6.45) is 2.10. The van der Waals surface area contributed by atoms with Crippen LogP contribution in [-0.4, -0.2) is 66.9 Å². The van der Waals surface area contributed by atoms with E-state index in [1.54, 1.807) is 29.7 Å². The van der Waals surface area contributed by atoms with Crippen molar-refractivity contribution in [1.29, 1.82) is 0 Å². The zero-order valence-electron chi connectivity index (χ0n) is 18.7. The van der Waals surface area contributed by atoms with Crippen molar-refractivity contribution in [2.24, 2.45) is 0 Å². The van der Waals surface area contributed by atoms with Crippen molar-refractivity contribution in [2.45, 2.75) is 42.7 Å². The van der Waals surface area contributed by atoms with E-state index in [-0.39, 0.29) is 37.7 Å². The van der Waals surface area contributed by atoms with Gasteiger partial charge in [0, 0.05) is 39.0 Å². The Morgan fingerprint density at radius 2 is 1.81 bits per heavy atom. The number of amides is 2. The first-order valence-electron chi connectivity index (χ1n) is 10.3. The Balaban J connectivity index is 1.50. The first kappa shape index (κ1) is 24.7. The van der Waals surface area contributed by atoms with Crippen LogP contribution >= 0.6 is 23.1 Å². The number of aromatic nitrogens is 1. The largest absolute Gasteiger partial charge is 0.340 e. The van der Waals surface area contributed by atoms with Crippen molar-refractivity contribution in [1.82, 2.24) is 14.2 Å². The number of nitrogens with zero attached hydrogens (tertiary/aromatic N) is 3. The Labute approximate surface area is 197 Å². The van der Waals surface area contributed by atoms with Crippen molar-refractivity contribution >= 4 is 50.1 Å². The Kier molecular flexibility index (Phi) is 7.97. The number of hydrogen-bond donors (Lipinski definition) is 1. The lowest BCUT2D eigenvalue weighted by atomic mass is 10.2. The standard InChI is InChI=1S/C21H28N4O4S3/c1-14-5-6-15(2)17(13-14)32(28,29)25-11-9-24(10-12-25)19(27)8-7-18(26)23-21-22-16(3)20(30-4)31-21/h5-6,13H,7-12H2,1-4H3,(H,22,23,26). The monoisotopic (exact) mass is 496 g/mol. The number of carbonyl (C=O) groups excluding carboxylic acids is 2. The molecule has 3 rings (SSSR count). The Morgan fingerprint density at radius 3 is 2.44 bits per heavy atom. The smallest absolute Gasteiger partial charge is 0.243 e. The molecule has 2 heterocycles. The number of anilines is 1. The van der Waals surface area contributed by atoms with Crippen LogP contribution < -0.4 is 5.32 Å². The average Bonchev–Trinajstić information content (AvgIpc) is 3.12. The van der Waals surface area contributed by atoms with E-state index in [0.29, 0.717) is 28.7 Å². The number of nitrogens with one attached hydrogen (secondary N) is 1. The molecule has 0 saturated carbocycles. The summed E-state index contributed by atoms with van der Waals surface area (Å²) in [5.74, 6) is -0.403. The van der Waals surface area contributed by atoms with Gasteiger partial charge in [0.1, 0.15) is 0 Å². The number of aryl methyl sites for hydroxylation is 3. The molecule has 32 heavy (non-hydrogen) atoms. The van der Waals surface area contributed by atoms with Crippen molar-refractivity contribution < 1.29 is 18.0 Å². The summed E-state index contributed by atoms with van der Waals surface area (Å²) in [5.41, 5.74) is 2.47. The van der Waals surface area contributed by atoms with Crippen LogP contribution in [0, 0.1) is 20.8 Å². The molecule has 1 saturated heterocycles. The molecular formula is C21H28N4O4S3. The van der Waals surface area contributed by atoms with Crippen LogP contribution in [0.25, 0.3) is 0 Å². The number of carbonyl (C=O) groups is 2. The summed E-state index contributed by atoms with van der Waals surface area (Å²) in [5, 5.41) is 3.28. The maximum Gasteiger partial charge on any atom is 0.243 e. The van der Waals surface area contributed by atoms with Crippen LogP contribution in [0.2, 0.25) is 0 Å². The van der Waals surface area contributed by atoms with Gasteiger partial charge in [-0.15, -0.1) is 11.8 Å². The van der Waals surface area contributed by atoms with Crippen LogP contribution in [0.1, 0.15) is 29.7 Å². The topological polar surface area (TPSA) is 99.7 Å². The number of sulfonamides is 1. The maximum atomic E-state index is 13.0. The number of thioether (sulfide) groups is 1. The van der Waals surface area contributed by atoms with Gasteiger partial charge in [0.2, 0.25) is 21.8 Å². The molecule has 2 aromatic rings. The minimum Gasteiger partial charge on any atom is -0.340 e. The Hall–Kier alpha value is -1.95. The summed E-state index contributed by atoms with van der Waals surface area (Å²) in [6, 6.07) is 5.38. The molecule has 0 bridgehead atoms. The number of benzene rings is 1. The minimum absolute atomic E-state index is 0.0626. The van der Waals surface area contributed by atoms with Crippen molar-refractivity contribution in [3.63, 3.8) is 0 Å². The second-order valence-electron chi connectivity index (χ2n) is 7.70. The number of thiazole rings is 1. The molecule has 0 aliphatic carbocycles. The van der Waals surface area contributed by atoms with E-state index in [9.17, 15) is 18.0 Å². The highest BCUT2D eigenvalue weighted by Crippen LogP contribution is 2.30. The highest BCUT2D eigenvalue weighted by atomic mass is 32.2. The predicted octanol–water partition coefficient (Wildman–Crippen LogP) is 3.04. The molecule has 174 valence electrons. The van der Waals surface area contributed by atoms with Gasteiger partial charge in [-0.25, -0.2) is 13.4 Å². The SMILES string of the molecule is CSc1sc(NC(=O)CCC(=O)N2CCN(S(=O)(=O)c3cc(C)ccc3C)CC2)nc1C. The molecular weight excluding hydrogens is 468 g/mol. The number of rotatable bonds is 7. The van der Waals surface area contributed by atoms with E-state index in [1.165, 1.54) is 15.6 Å². The molecule has 1 aliphatic rings. The van der Waals surface area contributed by atoms with E-state index in [2.05, 4.69) is 10.3 Å². The number of piperazine rings is 1.